The van der Waals surface area contributed by atoms with E-state index in [4.69, 9.17) is 0 Å². The highest BCUT2D eigenvalue weighted by molar-refractivity contribution is 7.92. The number of anilines is 2. The van der Waals surface area contributed by atoms with Crippen LogP contribution in [0.5, 0.6) is 0 Å². The van der Waals surface area contributed by atoms with Crippen LogP contribution in [0.25, 0.3) is 21.8 Å². The first-order valence-corrected chi connectivity index (χ1v) is 11.6. The minimum absolute atomic E-state index is 0.0968. The molecular weight excluding hydrogens is 432 g/mol. The van der Waals surface area contributed by atoms with Gasteiger partial charge in [0.1, 0.15) is 5.01 Å². The Balaban J connectivity index is 1.55. The number of nitrogens with one attached hydrogen (secondary N) is 2. The maximum atomic E-state index is 12.8. The molecule has 0 aliphatic rings. The molecule has 0 fully saturated rings. The van der Waals surface area contributed by atoms with Crippen molar-refractivity contribution in [3.05, 3.63) is 78.4 Å². The monoisotopic (exact) mass is 450 g/mol. The van der Waals surface area contributed by atoms with Gasteiger partial charge in [-0.15, -0.1) is 11.3 Å². The lowest BCUT2D eigenvalue weighted by Crippen LogP contribution is -2.13. The minimum Gasteiger partial charge on any atom is -0.326 e. The van der Waals surface area contributed by atoms with Gasteiger partial charge in [-0.1, -0.05) is 12.1 Å². The first kappa shape index (κ1) is 20.7. The maximum absolute atomic E-state index is 12.8. The molecule has 0 saturated heterocycles. The number of carbonyl (C=O) groups excluding carboxylic acids is 1. The van der Waals surface area contributed by atoms with E-state index in [1.54, 1.807) is 42.7 Å². The van der Waals surface area contributed by atoms with Gasteiger partial charge in [-0.2, -0.15) is 0 Å². The summed E-state index contributed by atoms with van der Waals surface area (Å²) < 4.78 is 28.1. The fraction of sp³-hybridized carbons (Fsp3) is 0.0455. The van der Waals surface area contributed by atoms with E-state index in [9.17, 15) is 13.2 Å². The molecule has 4 aromatic rings. The lowest BCUT2D eigenvalue weighted by atomic mass is 10.1. The quantitative estimate of drug-likeness (QED) is 0.446. The van der Waals surface area contributed by atoms with Crippen LogP contribution in [-0.2, 0) is 14.8 Å². The number of pyridine rings is 1. The van der Waals surface area contributed by atoms with Gasteiger partial charge in [0, 0.05) is 47.2 Å². The van der Waals surface area contributed by atoms with Crippen molar-refractivity contribution in [2.75, 3.05) is 10.0 Å². The molecule has 0 saturated carbocycles. The van der Waals surface area contributed by atoms with Gasteiger partial charge in [0.15, 0.2) is 0 Å². The molecule has 0 atom stereocenters. The van der Waals surface area contributed by atoms with Crippen molar-refractivity contribution in [3.63, 3.8) is 0 Å². The number of benzene rings is 2. The van der Waals surface area contributed by atoms with Gasteiger partial charge in [0.05, 0.1) is 10.6 Å². The van der Waals surface area contributed by atoms with Crippen molar-refractivity contribution < 1.29 is 13.2 Å². The summed E-state index contributed by atoms with van der Waals surface area (Å²) in [5.41, 5.74) is 3.44. The van der Waals surface area contributed by atoms with Crippen LogP contribution in [0.15, 0.2) is 83.3 Å². The average Bonchev–Trinajstić information content (AvgIpc) is 3.25. The molecule has 7 nitrogen and oxygen atoms in total. The molecule has 9 heteroatoms. The van der Waals surface area contributed by atoms with Crippen LogP contribution in [-0.4, -0.2) is 24.3 Å². The summed E-state index contributed by atoms with van der Waals surface area (Å²) in [5.74, 6) is -0.223. The van der Waals surface area contributed by atoms with Crippen LogP contribution in [0.3, 0.4) is 0 Å². The molecular formula is C22H18N4O3S2. The molecule has 0 radical (unpaired) electrons. The van der Waals surface area contributed by atoms with Crippen LogP contribution < -0.4 is 10.0 Å². The molecule has 1 amide bonds. The highest BCUT2D eigenvalue weighted by Gasteiger charge is 2.15. The zero-order valence-corrected chi connectivity index (χ0v) is 18.1. The largest absolute Gasteiger partial charge is 0.326 e. The van der Waals surface area contributed by atoms with E-state index in [-0.39, 0.29) is 10.8 Å². The highest BCUT2D eigenvalue weighted by Crippen LogP contribution is 2.30. The van der Waals surface area contributed by atoms with Gasteiger partial charge >= 0.3 is 0 Å². The molecule has 0 spiro atoms. The highest BCUT2D eigenvalue weighted by atomic mass is 32.2. The van der Waals surface area contributed by atoms with Crippen molar-refractivity contribution in [3.8, 4) is 21.8 Å². The van der Waals surface area contributed by atoms with Gasteiger partial charge in [0.2, 0.25) is 5.91 Å². The molecule has 2 heterocycles. The molecule has 0 aliphatic carbocycles. The third-order valence-corrected chi connectivity index (χ3v) is 6.60. The fourth-order valence-corrected chi connectivity index (χ4v) is 4.77. The van der Waals surface area contributed by atoms with Crippen LogP contribution in [0.1, 0.15) is 6.92 Å². The molecule has 0 unspecified atom stereocenters. The summed E-state index contributed by atoms with van der Waals surface area (Å²) >= 11 is 1.50. The Morgan fingerprint density at radius 1 is 0.968 bits per heavy atom. The Hall–Kier alpha value is -3.56. The van der Waals surface area contributed by atoms with Gasteiger partial charge in [0.25, 0.3) is 10.0 Å². The first-order valence-electron chi connectivity index (χ1n) is 9.27. The van der Waals surface area contributed by atoms with E-state index in [0.717, 1.165) is 21.8 Å². The molecule has 31 heavy (non-hydrogen) atoms. The van der Waals surface area contributed by atoms with E-state index < -0.39 is 10.0 Å². The molecule has 2 aromatic carbocycles. The second kappa shape index (κ2) is 8.66. The number of hydrogen-bond donors (Lipinski definition) is 2. The number of carbonyl (C=O) groups is 1. The maximum Gasteiger partial charge on any atom is 0.261 e. The van der Waals surface area contributed by atoms with Gasteiger partial charge in [-0.05, 0) is 48.5 Å². The predicted octanol–water partition coefficient (Wildman–Crippen LogP) is 4.63. The van der Waals surface area contributed by atoms with Gasteiger partial charge in [-0.3, -0.25) is 14.5 Å². The Morgan fingerprint density at radius 2 is 1.74 bits per heavy atom. The first-order chi connectivity index (χ1) is 14.9. The molecule has 4 rings (SSSR count). The van der Waals surface area contributed by atoms with E-state index in [1.807, 2.05) is 23.6 Å². The van der Waals surface area contributed by atoms with E-state index in [0.29, 0.717) is 11.4 Å². The van der Waals surface area contributed by atoms with Crippen LogP contribution >= 0.6 is 11.3 Å². The molecule has 156 valence electrons. The summed E-state index contributed by atoms with van der Waals surface area (Å²) in [6.07, 6.45) is 3.46. The number of hydrogen-bond acceptors (Lipinski definition) is 6. The van der Waals surface area contributed by atoms with Crippen LogP contribution in [0.4, 0.5) is 11.4 Å². The standard InChI is InChI=1S/C22H18N4O3S2/c1-15(27)24-18-7-9-20(10-8-18)31(28,29)26-19-6-2-4-16(12-19)21-14-30-22(25-21)17-5-3-11-23-13-17/h2-14,26H,1H3,(H,24,27). The smallest absolute Gasteiger partial charge is 0.261 e. The SMILES string of the molecule is CC(=O)Nc1ccc(S(=O)(=O)Nc2cccc(-c3csc(-c4cccnc4)n3)c2)cc1. The van der Waals surface area contributed by atoms with Crippen molar-refractivity contribution in [1.29, 1.82) is 0 Å². The fourth-order valence-electron chi connectivity index (χ4n) is 2.90. The topological polar surface area (TPSA) is 101 Å². The lowest BCUT2D eigenvalue weighted by molar-refractivity contribution is -0.114. The zero-order valence-electron chi connectivity index (χ0n) is 16.4. The predicted molar refractivity (Wildman–Crippen MR) is 122 cm³/mol. The van der Waals surface area contributed by atoms with E-state index in [1.165, 1.54) is 30.4 Å². The van der Waals surface area contributed by atoms with Crippen molar-refractivity contribution in [2.24, 2.45) is 0 Å². The van der Waals surface area contributed by atoms with Gasteiger partial charge < -0.3 is 5.32 Å². The number of amides is 1. The number of rotatable bonds is 6. The Kier molecular flexibility index (Phi) is 5.79. The third kappa shape index (κ3) is 4.96. The summed E-state index contributed by atoms with van der Waals surface area (Å²) in [6.45, 7) is 1.39. The summed E-state index contributed by atoms with van der Waals surface area (Å²) in [4.78, 5) is 20.0. The normalized spacial score (nSPS) is 11.1. The van der Waals surface area contributed by atoms with Crippen molar-refractivity contribution >= 4 is 38.6 Å². The molecule has 0 aliphatic heterocycles. The number of sulfonamides is 1. The number of nitrogens with zero attached hydrogens (tertiary/aromatic N) is 2. The van der Waals surface area contributed by atoms with Crippen molar-refractivity contribution in [2.45, 2.75) is 11.8 Å². The number of aromatic nitrogens is 2. The lowest BCUT2D eigenvalue weighted by Gasteiger charge is -2.10. The molecule has 2 aromatic heterocycles. The van der Waals surface area contributed by atoms with Crippen molar-refractivity contribution in [1.82, 2.24) is 9.97 Å². The average molecular weight is 451 g/mol. The minimum atomic E-state index is -3.78. The molecule has 2 N–H and O–H groups in total. The third-order valence-electron chi connectivity index (χ3n) is 4.31. The van der Waals surface area contributed by atoms with Crippen LogP contribution in [0, 0.1) is 0 Å². The summed E-state index contributed by atoms with van der Waals surface area (Å²) in [6, 6.07) is 16.8. The van der Waals surface area contributed by atoms with E-state index >= 15 is 0 Å². The number of thiazole rings is 1. The Bertz CT molecular complexity index is 1320. The second-order valence-electron chi connectivity index (χ2n) is 6.67. The summed E-state index contributed by atoms with van der Waals surface area (Å²) in [5, 5.41) is 5.38. The van der Waals surface area contributed by atoms with Crippen LogP contribution in [0.2, 0.25) is 0 Å². The Morgan fingerprint density at radius 3 is 2.45 bits per heavy atom. The Labute approximate surface area is 183 Å². The zero-order chi connectivity index (χ0) is 21.8. The van der Waals surface area contributed by atoms with Gasteiger partial charge in [-0.25, -0.2) is 13.4 Å². The second-order valence-corrected chi connectivity index (χ2v) is 9.21. The summed E-state index contributed by atoms with van der Waals surface area (Å²) in [7, 11) is -3.78. The van der Waals surface area contributed by atoms with E-state index in [2.05, 4.69) is 20.0 Å². The molecule has 0 bridgehead atoms.